The molecule has 26 heavy (non-hydrogen) atoms. The number of nitrogens with zero attached hydrogens (tertiary/aromatic N) is 1. The van der Waals surface area contributed by atoms with Crippen LogP contribution < -0.4 is 4.90 Å². The molecule has 0 N–H and O–H groups in total. The van der Waals surface area contributed by atoms with Crippen molar-refractivity contribution in [1.29, 1.82) is 0 Å². The van der Waals surface area contributed by atoms with Gasteiger partial charge in [0, 0.05) is 24.1 Å². The van der Waals surface area contributed by atoms with E-state index in [2.05, 4.69) is 13.0 Å². The van der Waals surface area contributed by atoms with Gasteiger partial charge in [-0.1, -0.05) is 24.3 Å². The summed E-state index contributed by atoms with van der Waals surface area (Å²) in [6, 6.07) is 11.7. The molecule has 0 aliphatic heterocycles. The fraction of sp³-hybridized carbons (Fsp3) is 0.364. The highest BCUT2D eigenvalue weighted by atomic mass is 32.2. The van der Waals surface area contributed by atoms with Crippen molar-refractivity contribution >= 4 is 29.1 Å². The van der Waals surface area contributed by atoms with Crippen molar-refractivity contribution < 1.29 is 9.59 Å². The summed E-state index contributed by atoms with van der Waals surface area (Å²) < 4.78 is 0. The molecule has 0 saturated heterocycles. The molecule has 0 saturated carbocycles. The van der Waals surface area contributed by atoms with Gasteiger partial charge < -0.3 is 4.90 Å². The smallest absolute Gasteiger partial charge is 0.239 e. The summed E-state index contributed by atoms with van der Waals surface area (Å²) in [5.74, 6) is 0.892. The monoisotopic (exact) mass is 369 g/mol. The van der Waals surface area contributed by atoms with E-state index in [0.717, 1.165) is 27.9 Å². The van der Waals surface area contributed by atoms with E-state index < -0.39 is 0 Å². The second-order valence-corrected chi connectivity index (χ2v) is 8.06. The minimum Gasteiger partial charge on any atom is -0.315 e. The van der Waals surface area contributed by atoms with Crippen LogP contribution in [0.1, 0.15) is 46.5 Å². The summed E-state index contributed by atoms with van der Waals surface area (Å²) in [7, 11) is 1.81. The first kappa shape index (κ1) is 20.2. The standard InChI is InChI=1S/C22H27NO2S/c1-14-12-15(2)21(17(4)24)16(3)20(14)13-26-18(5)22(25)23(6)19-10-8-7-9-11-19/h7-12,18H,13H2,1-6H3. The van der Waals surface area contributed by atoms with Crippen molar-refractivity contribution in [2.24, 2.45) is 0 Å². The highest BCUT2D eigenvalue weighted by Gasteiger charge is 2.21. The maximum absolute atomic E-state index is 12.7. The van der Waals surface area contributed by atoms with E-state index in [9.17, 15) is 9.59 Å². The van der Waals surface area contributed by atoms with Crippen LogP contribution in [0.25, 0.3) is 0 Å². The molecule has 2 aromatic rings. The number of hydrogen-bond acceptors (Lipinski definition) is 3. The molecule has 0 bridgehead atoms. The number of rotatable bonds is 6. The Morgan fingerprint density at radius 2 is 1.69 bits per heavy atom. The second kappa shape index (κ2) is 8.54. The van der Waals surface area contributed by atoms with Gasteiger partial charge in [0.15, 0.2) is 5.78 Å². The number of Topliss-reactive ketones (excluding diaryl/α,β-unsaturated/α-hetero) is 1. The summed E-state index contributed by atoms with van der Waals surface area (Å²) in [6.07, 6.45) is 0. The van der Waals surface area contributed by atoms with Crippen LogP contribution in [-0.2, 0) is 10.5 Å². The van der Waals surface area contributed by atoms with E-state index in [1.807, 2.05) is 58.2 Å². The fourth-order valence-electron chi connectivity index (χ4n) is 3.32. The Hall–Kier alpha value is -2.07. The normalized spacial score (nSPS) is 11.9. The number of thioether (sulfide) groups is 1. The van der Waals surface area contributed by atoms with E-state index in [1.54, 1.807) is 23.6 Å². The van der Waals surface area contributed by atoms with Crippen LogP contribution in [-0.4, -0.2) is 24.0 Å². The number of carbonyl (C=O) groups is 2. The summed E-state index contributed by atoms with van der Waals surface area (Å²) in [6.45, 7) is 9.62. The van der Waals surface area contributed by atoms with Crippen molar-refractivity contribution in [3.8, 4) is 0 Å². The Balaban J connectivity index is 2.14. The largest absolute Gasteiger partial charge is 0.315 e. The maximum atomic E-state index is 12.7. The molecule has 138 valence electrons. The van der Waals surface area contributed by atoms with E-state index in [0.29, 0.717) is 5.75 Å². The van der Waals surface area contributed by atoms with Crippen LogP contribution in [0.3, 0.4) is 0 Å². The Morgan fingerprint density at radius 1 is 1.08 bits per heavy atom. The second-order valence-electron chi connectivity index (χ2n) is 6.73. The molecule has 2 rings (SSSR count). The highest BCUT2D eigenvalue weighted by Crippen LogP contribution is 2.29. The summed E-state index contributed by atoms with van der Waals surface area (Å²) >= 11 is 1.61. The molecule has 1 atom stereocenters. The van der Waals surface area contributed by atoms with Crippen molar-refractivity contribution in [2.45, 2.75) is 45.6 Å². The number of hydrogen-bond donors (Lipinski definition) is 0. The van der Waals surface area contributed by atoms with E-state index in [4.69, 9.17) is 0 Å². The van der Waals surface area contributed by atoms with Crippen molar-refractivity contribution in [3.05, 3.63) is 64.2 Å². The van der Waals surface area contributed by atoms with E-state index in [1.165, 1.54) is 5.56 Å². The quantitative estimate of drug-likeness (QED) is 0.665. The molecule has 0 radical (unpaired) electrons. The zero-order valence-electron chi connectivity index (χ0n) is 16.4. The molecule has 3 nitrogen and oxygen atoms in total. The van der Waals surface area contributed by atoms with E-state index in [-0.39, 0.29) is 16.9 Å². The number of aryl methyl sites for hydroxylation is 2. The van der Waals surface area contributed by atoms with Gasteiger partial charge in [0.25, 0.3) is 0 Å². The first-order valence-electron chi connectivity index (χ1n) is 8.78. The van der Waals surface area contributed by atoms with Gasteiger partial charge >= 0.3 is 0 Å². The predicted molar refractivity (Wildman–Crippen MR) is 111 cm³/mol. The molecule has 1 amide bonds. The molecular weight excluding hydrogens is 342 g/mol. The number of carbonyl (C=O) groups excluding carboxylic acids is 2. The average molecular weight is 370 g/mol. The predicted octanol–water partition coefficient (Wildman–Crippen LogP) is 5.10. The maximum Gasteiger partial charge on any atom is 0.239 e. The molecule has 0 aromatic heterocycles. The Labute approximate surface area is 160 Å². The molecule has 0 heterocycles. The topological polar surface area (TPSA) is 37.4 Å². The highest BCUT2D eigenvalue weighted by molar-refractivity contribution is 7.99. The summed E-state index contributed by atoms with van der Waals surface area (Å²) in [4.78, 5) is 26.4. The van der Waals surface area contributed by atoms with Gasteiger partial charge in [-0.3, -0.25) is 9.59 Å². The van der Waals surface area contributed by atoms with Crippen molar-refractivity contribution in [1.82, 2.24) is 0 Å². The summed E-state index contributed by atoms with van der Waals surface area (Å²) in [5.41, 5.74) is 6.10. The number of anilines is 1. The number of benzene rings is 2. The van der Waals surface area contributed by atoms with Gasteiger partial charge in [-0.25, -0.2) is 0 Å². The van der Waals surface area contributed by atoms with Crippen LogP contribution in [0.5, 0.6) is 0 Å². The zero-order chi connectivity index (χ0) is 19.4. The average Bonchev–Trinajstić information content (AvgIpc) is 2.60. The Bertz CT molecular complexity index is 815. The van der Waals surface area contributed by atoms with Crippen LogP contribution >= 0.6 is 11.8 Å². The van der Waals surface area contributed by atoms with Gasteiger partial charge in [-0.05, 0) is 69.0 Å². The van der Waals surface area contributed by atoms with Gasteiger partial charge in [-0.2, -0.15) is 0 Å². The van der Waals surface area contributed by atoms with Gasteiger partial charge in [0.1, 0.15) is 0 Å². The van der Waals surface area contributed by atoms with Crippen molar-refractivity contribution in [3.63, 3.8) is 0 Å². The lowest BCUT2D eigenvalue weighted by Crippen LogP contribution is -2.33. The Morgan fingerprint density at radius 3 is 2.27 bits per heavy atom. The molecule has 1 unspecified atom stereocenters. The number of para-hydroxylation sites is 1. The molecule has 0 aliphatic carbocycles. The third-order valence-electron chi connectivity index (χ3n) is 4.78. The lowest BCUT2D eigenvalue weighted by atomic mass is 9.92. The fourth-order valence-corrected chi connectivity index (χ4v) is 4.48. The minimum absolute atomic E-state index is 0.0791. The van der Waals surface area contributed by atoms with Gasteiger partial charge in [0.2, 0.25) is 5.91 Å². The molecule has 0 fully saturated rings. The van der Waals surface area contributed by atoms with Gasteiger partial charge in [0.05, 0.1) is 5.25 Å². The van der Waals surface area contributed by atoms with Crippen LogP contribution in [0.15, 0.2) is 36.4 Å². The summed E-state index contributed by atoms with van der Waals surface area (Å²) in [5, 5.41) is -0.166. The van der Waals surface area contributed by atoms with Crippen molar-refractivity contribution in [2.75, 3.05) is 11.9 Å². The minimum atomic E-state index is -0.166. The first-order chi connectivity index (χ1) is 12.2. The number of amides is 1. The molecule has 0 spiro atoms. The van der Waals surface area contributed by atoms with Crippen LogP contribution in [0.4, 0.5) is 5.69 Å². The lowest BCUT2D eigenvalue weighted by molar-refractivity contribution is -0.117. The zero-order valence-corrected chi connectivity index (χ0v) is 17.2. The van der Waals surface area contributed by atoms with Crippen LogP contribution in [0, 0.1) is 20.8 Å². The molecular formula is C22H27NO2S. The molecule has 0 aliphatic rings. The third kappa shape index (κ3) is 4.36. The SMILES string of the molecule is CC(=O)c1c(C)cc(C)c(CSC(C)C(=O)N(C)c2ccccc2)c1C. The number of ketones is 1. The third-order valence-corrected chi connectivity index (χ3v) is 5.94. The first-order valence-corrected chi connectivity index (χ1v) is 9.83. The van der Waals surface area contributed by atoms with Crippen LogP contribution in [0.2, 0.25) is 0 Å². The molecule has 4 heteroatoms. The lowest BCUT2D eigenvalue weighted by Gasteiger charge is -2.22. The Kier molecular flexibility index (Phi) is 6.65. The van der Waals surface area contributed by atoms with E-state index >= 15 is 0 Å². The van der Waals surface area contributed by atoms with Gasteiger partial charge in [-0.15, -0.1) is 11.8 Å². The molecule has 2 aromatic carbocycles.